The lowest BCUT2D eigenvalue weighted by Crippen LogP contribution is -2.10. The Morgan fingerprint density at radius 2 is 1.64 bits per heavy atom. The van der Waals surface area contributed by atoms with E-state index in [2.05, 4.69) is 0 Å². The first-order valence-electron chi connectivity index (χ1n) is 7.18. The van der Waals surface area contributed by atoms with E-state index in [0.717, 1.165) is 0 Å². The second-order valence-corrected chi connectivity index (χ2v) is 4.78. The van der Waals surface area contributed by atoms with Crippen LogP contribution in [0.15, 0.2) is 48.0 Å². The molecule has 0 aliphatic heterocycles. The average molecular weight is 334 g/mol. The van der Waals surface area contributed by atoms with E-state index in [1.807, 2.05) is 0 Å². The summed E-state index contributed by atoms with van der Waals surface area (Å²) >= 11 is 0. The molecule has 0 atom stereocenters. The summed E-state index contributed by atoms with van der Waals surface area (Å²) in [5.74, 6) is 0.325. The van der Waals surface area contributed by atoms with Crippen LogP contribution in [0, 0.1) is 22.7 Å². The standard InChI is InChI=1S/C19H14N2O4/c1-23-16-6-4-3-5-15(16)19(22)25-17-8-7-13(10-18(17)24-2)9-14(11-20)12-21/h3-10H,1-2H3. The van der Waals surface area contributed by atoms with Crippen LogP contribution in [0.3, 0.4) is 0 Å². The fourth-order valence-electron chi connectivity index (χ4n) is 2.08. The number of ether oxygens (including phenoxy) is 3. The molecule has 0 saturated heterocycles. The van der Waals surface area contributed by atoms with Gasteiger partial charge in [-0.25, -0.2) is 4.79 Å². The number of esters is 1. The Kier molecular flexibility index (Phi) is 5.76. The second kappa shape index (κ2) is 8.19. The van der Waals surface area contributed by atoms with Crippen LogP contribution in [-0.4, -0.2) is 20.2 Å². The van der Waals surface area contributed by atoms with E-state index in [9.17, 15) is 4.79 Å². The molecular weight excluding hydrogens is 320 g/mol. The number of benzene rings is 2. The largest absolute Gasteiger partial charge is 0.496 e. The highest BCUT2D eigenvalue weighted by atomic mass is 16.6. The molecule has 6 heteroatoms. The van der Waals surface area contributed by atoms with Crippen molar-refractivity contribution >= 4 is 12.0 Å². The summed E-state index contributed by atoms with van der Waals surface area (Å²) in [4.78, 5) is 12.4. The van der Waals surface area contributed by atoms with Crippen LogP contribution in [0.25, 0.3) is 6.08 Å². The van der Waals surface area contributed by atoms with Crippen molar-refractivity contribution in [2.75, 3.05) is 14.2 Å². The number of nitrogens with zero attached hydrogens (tertiary/aromatic N) is 2. The van der Waals surface area contributed by atoms with Gasteiger partial charge in [-0.1, -0.05) is 18.2 Å². The minimum atomic E-state index is -0.589. The Balaban J connectivity index is 2.31. The number of rotatable bonds is 5. The molecule has 25 heavy (non-hydrogen) atoms. The van der Waals surface area contributed by atoms with Crippen molar-refractivity contribution in [1.82, 2.24) is 0 Å². The summed E-state index contributed by atoms with van der Waals surface area (Å²) in [6, 6.07) is 15.0. The highest BCUT2D eigenvalue weighted by Crippen LogP contribution is 2.30. The topological polar surface area (TPSA) is 92.3 Å². The predicted octanol–water partition coefficient (Wildman–Crippen LogP) is 3.35. The summed E-state index contributed by atoms with van der Waals surface area (Å²) in [7, 11) is 2.90. The molecule has 2 aromatic carbocycles. The van der Waals surface area contributed by atoms with E-state index >= 15 is 0 Å². The maximum atomic E-state index is 12.4. The van der Waals surface area contributed by atoms with Gasteiger partial charge in [0.1, 0.15) is 29.0 Å². The molecule has 0 aliphatic carbocycles. The molecule has 2 aromatic rings. The van der Waals surface area contributed by atoms with E-state index in [1.165, 1.54) is 26.4 Å². The minimum absolute atomic E-state index is 0.0409. The van der Waals surface area contributed by atoms with E-state index in [1.54, 1.807) is 48.5 Å². The number of methoxy groups -OCH3 is 2. The van der Waals surface area contributed by atoms with Gasteiger partial charge in [-0.05, 0) is 35.9 Å². The molecule has 124 valence electrons. The molecule has 0 aliphatic rings. The SMILES string of the molecule is COc1cc(C=C(C#N)C#N)ccc1OC(=O)c1ccccc1OC. The second-order valence-electron chi connectivity index (χ2n) is 4.78. The highest BCUT2D eigenvalue weighted by molar-refractivity contribution is 5.94. The summed E-state index contributed by atoms with van der Waals surface area (Å²) in [6.45, 7) is 0. The Morgan fingerprint density at radius 3 is 2.28 bits per heavy atom. The molecular formula is C19H14N2O4. The van der Waals surface area contributed by atoms with Crippen LogP contribution in [-0.2, 0) is 0 Å². The van der Waals surface area contributed by atoms with Crippen molar-refractivity contribution in [1.29, 1.82) is 10.5 Å². The lowest BCUT2D eigenvalue weighted by molar-refractivity contribution is 0.0726. The Hall–Kier alpha value is -3.77. The van der Waals surface area contributed by atoms with E-state index < -0.39 is 5.97 Å². The Morgan fingerprint density at radius 1 is 0.960 bits per heavy atom. The van der Waals surface area contributed by atoms with Crippen LogP contribution in [0.5, 0.6) is 17.2 Å². The monoisotopic (exact) mass is 334 g/mol. The van der Waals surface area contributed by atoms with E-state index in [4.69, 9.17) is 24.7 Å². The lowest BCUT2D eigenvalue weighted by Gasteiger charge is -2.11. The summed E-state index contributed by atoms with van der Waals surface area (Å²) in [6.07, 6.45) is 1.41. The van der Waals surface area contributed by atoms with Crippen molar-refractivity contribution in [2.24, 2.45) is 0 Å². The van der Waals surface area contributed by atoms with Gasteiger partial charge in [0.25, 0.3) is 0 Å². The Bertz CT molecular complexity index is 888. The number of hydrogen-bond acceptors (Lipinski definition) is 6. The van der Waals surface area contributed by atoms with Crippen molar-refractivity contribution in [2.45, 2.75) is 0 Å². The number of carbonyl (C=O) groups excluding carboxylic acids is 1. The van der Waals surface area contributed by atoms with Crippen molar-refractivity contribution in [3.05, 3.63) is 59.2 Å². The first kappa shape index (κ1) is 17.6. The summed E-state index contributed by atoms with van der Waals surface area (Å²) in [5, 5.41) is 17.6. The first-order chi connectivity index (χ1) is 12.1. The van der Waals surface area contributed by atoms with Crippen LogP contribution in [0.4, 0.5) is 0 Å². The van der Waals surface area contributed by atoms with Gasteiger partial charge in [0.2, 0.25) is 0 Å². The fourth-order valence-corrected chi connectivity index (χ4v) is 2.08. The van der Waals surface area contributed by atoms with Crippen LogP contribution < -0.4 is 14.2 Å². The van der Waals surface area contributed by atoms with Gasteiger partial charge < -0.3 is 14.2 Å². The molecule has 0 heterocycles. The molecule has 2 rings (SSSR count). The Labute approximate surface area is 145 Å². The molecule has 0 unspecified atom stereocenters. The first-order valence-corrected chi connectivity index (χ1v) is 7.18. The normalized spacial score (nSPS) is 9.28. The smallest absolute Gasteiger partial charge is 0.347 e. The molecule has 0 spiro atoms. The quantitative estimate of drug-likeness (QED) is 0.473. The highest BCUT2D eigenvalue weighted by Gasteiger charge is 2.16. The van der Waals surface area contributed by atoms with Gasteiger partial charge in [-0.3, -0.25) is 0 Å². The maximum absolute atomic E-state index is 12.4. The molecule has 0 fully saturated rings. The summed E-state index contributed by atoms with van der Waals surface area (Å²) < 4.78 is 15.8. The minimum Gasteiger partial charge on any atom is -0.496 e. The van der Waals surface area contributed by atoms with Gasteiger partial charge in [-0.15, -0.1) is 0 Å². The lowest BCUT2D eigenvalue weighted by atomic mass is 10.1. The third-order valence-electron chi connectivity index (χ3n) is 3.27. The molecule has 0 amide bonds. The maximum Gasteiger partial charge on any atom is 0.347 e. The van der Waals surface area contributed by atoms with Crippen LogP contribution in [0.1, 0.15) is 15.9 Å². The van der Waals surface area contributed by atoms with Crippen LogP contribution >= 0.6 is 0 Å². The van der Waals surface area contributed by atoms with Gasteiger partial charge in [0.05, 0.1) is 14.2 Å². The number of para-hydroxylation sites is 1. The molecule has 0 N–H and O–H groups in total. The third kappa shape index (κ3) is 4.15. The van der Waals surface area contributed by atoms with E-state index in [0.29, 0.717) is 17.1 Å². The number of nitriles is 2. The zero-order valence-electron chi connectivity index (χ0n) is 13.6. The van der Waals surface area contributed by atoms with Crippen molar-refractivity contribution in [3.63, 3.8) is 0 Å². The average Bonchev–Trinajstić information content (AvgIpc) is 2.66. The zero-order valence-corrected chi connectivity index (χ0v) is 13.6. The number of hydrogen-bond donors (Lipinski definition) is 0. The molecule has 0 aromatic heterocycles. The van der Waals surface area contributed by atoms with Gasteiger partial charge in [0.15, 0.2) is 11.5 Å². The van der Waals surface area contributed by atoms with Crippen LogP contribution in [0.2, 0.25) is 0 Å². The van der Waals surface area contributed by atoms with Crippen molar-refractivity contribution < 1.29 is 19.0 Å². The van der Waals surface area contributed by atoms with Gasteiger partial charge in [-0.2, -0.15) is 10.5 Å². The zero-order chi connectivity index (χ0) is 18.2. The molecule has 0 radical (unpaired) electrons. The van der Waals surface area contributed by atoms with Crippen molar-refractivity contribution in [3.8, 4) is 29.4 Å². The predicted molar refractivity (Wildman–Crippen MR) is 90.1 cm³/mol. The van der Waals surface area contributed by atoms with E-state index in [-0.39, 0.29) is 16.9 Å². The summed E-state index contributed by atoms with van der Waals surface area (Å²) in [5.41, 5.74) is 0.820. The third-order valence-corrected chi connectivity index (χ3v) is 3.27. The fraction of sp³-hybridized carbons (Fsp3) is 0.105. The number of allylic oxidation sites excluding steroid dienone is 1. The molecule has 0 bridgehead atoms. The molecule has 0 saturated carbocycles. The van der Waals surface area contributed by atoms with Gasteiger partial charge in [0, 0.05) is 0 Å². The van der Waals surface area contributed by atoms with Gasteiger partial charge >= 0.3 is 5.97 Å². The molecule has 6 nitrogen and oxygen atoms in total. The number of carbonyl (C=O) groups is 1.